The number of anilines is 1. The number of pyridine rings is 1. The highest BCUT2D eigenvalue weighted by Gasteiger charge is 2.19. The Morgan fingerprint density at radius 2 is 1.92 bits per heavy atom. The predicted octanol–water partition coefficient (Wildman–Crippen LogP) is 0.665. The third-order valence-electron chi connectivity index (χ3n) is 4.03. The Balaban J connectivity index is 1.40. The molecule has 1 aliphatic heterocycles. The lowest BCUT2D eigenvalue weighted by Crippen LogP contribution is -2.48. The van der Waals surface area contributed by atoms with Gasteiger partial charge < -0.3 is 4.90 Å². The minimum atomic E-state index is -0.204. The van der Waals surface area contributed by atoms with Crippen LogP contribution in [0.4, 0.5) is 5.82 Å². The third-order valence-corrected chi connectivity index (χ3v) is 4.88. The van der Waals surface area contributed by atoms with Crippen LogP contribution in [0.1, 0.15) is 0 Å². The molecule has 0 aromatic carbocycles. The molecule has 1 aliphatic rings. The van der Waals surface area contributed by atoms with Gasteiger partial charge in [0.2, 0.25) is 0 Å². The summed E-state index contributed by atoms with van der Waals surface area (Å²) in [4.78, 5) is 21.2. The van der Waals surface area contributed by atoms with Gasteiger partial charge in [-0.3, -0.25) is 4.90 Å². The van der Waals surface area contributed by atoms with Crippen molar-refractivity contribution in [3.05, 3.63) is 52.4 Å². The molecule has 0 atom stereocenters. The lowest BCUT2D eigenvalue weighted by molar-refractivity contribution is 0.191. The number of hydrogen-bond acceptors (Lipinski definition) is 7. The lowest BCUT2D eigenvalue weighted by atomic mass is 10.3. The zero-order chi connectivity index (χ0) is 16.4. The Kier molecular flexibility index (Phi) is 4.09. The van der Waals surface area contributed by atoms with Crippen molar-refractivity contribution in [3.8, 4) is 5.00 Å². The van der Waals surface area contributed by atoms with Gasteiger partial charge in [0.15, 0.2) is 0 Å². The molecular formula is C15H17N7OS. The summed E-state index contributed by atoms with van der Waals surface area (Å²) in [5.41, 5.74) is -0.204. The molecule has 8 nitrogen and oxygen atoms in total. The fourth-order valence-corrected chi connectivity index (χ4v) is 3.41. The van der Waals surface area contributed by atoms with E-state index in [0.29, 0.717) is 6.67 Å². The van der Waals surface area contributed by atoms with Gasteiger partial charge in [0.1, 0.15) is 17.5 Å². The average molecular weight is 343 g/mol. The molecule has 0 amide bonds. The quantitative estimate of drug-likeness (QED) is 0.693. The molecule has 1 saturated heterocycles. The van der Waals surface area contributed by atoms with Crippen molar-refractivity contribution in [1.82, 2.24) is 29.7 Å². The molecule has 0 radical (unpaired) electrons. The van der Waals surface area contributed by atoms with E-state index in [0.717, 1.165) is 37.0 Å². The van der Waals surface area contributed by atoms with Crippen LogP contribution < -0.4 is 10.6 Å². The summed E-state index contributed by atoms with van der Waals surface area (Å²) in [6, 6.07) is 9.69. The first-order chi connectivity index (χ1) is 11.8. The summed E-state index contributed by atoms with van der Waals surface area (Å²) < 4.78 is 2.75. The van der Waals surface area contributed by atoms with Crippen LogP contribution in [0, 0.1) is 0 Å². The predicted molar refractivity (Wildman–Crippen MR) is 91.5 cm³/mol. The van der Waals surface area contributed by atoms with Crippen LogP contribution in [0.25, 0.3) is 5.00 Å². The topological polar surface area (TPSA) is 72.1 Å². The second kappa shape index (κ2) is 6.54. The number of nitrogens with zero attached hydrogens (tertiary/aromatic N) is 7. The van der Waals surface area contributed by atoms with Crippen molar-refractivity contribution in [3.63, 3.8) is 0 Å². The van der Waals surface area contributed by atoms with Crippen molar-refractivity contribution < 1.29 is 0 Å². The third kappa shape index (κ3) is 2.95. The van der Waals surface area contributed by atoms with Gasteiger partial charge in [-0.1, -0.05) is 6.07 Å². The number of thiophene rings is 1. The van der Waals surface area contributed by atoms with Gasteiger partial charge in [-0.15, -0.1) is 11.3 Å². The van der Waals surface area contributed by atoms with Gasteiger partial charge in [0, 0.05) is 32.4 Å². The van der Waals surface area contributed by atoms with Crippen molar-refractivity contribution in [2.24, 2.45) is 0 Å². The number of rotatable bonds is 4. The van der Waals surface area contributed by atoms with Gasteiger partial charge in [-0.05, 0) is 40.1 Å². The van der Waals surface area contributed by atoms with Crippen LogP contribution in [0.15, 0.2) is 46.7 Å². The highest BCUT2D eigenvalue weighted by atomic mass is 32.1. The number of hydrogen-bond donors (Lipinski definition) is 0. The second-order valence-corrected chi connectivity index (χ2v) is 6.48. The molecule has 3 aromatic heterocycles. The number of piperazine rings is 1. The zero-order valence-electron chi connectivity index (χ0n) is 13.0. The number of aromatic nitrogens is 5. The molecular weight excluding hydrogens is 326 g/mol. The summed E-state index contributed by atoms with van der Waals surface area (Å²) in [7, 11) is 0. The standard InChI is InChI=1S/C15H17N7OS/c23-15-21(17-18-22(15)14-5-3-11-24-14)12-19-7-9-20(10-8-19)13-4-1-2-6-16-13/h1-6,11H,7-10,12H2. The van der Waals surface area contributed by atoms with Crippen LogP contribution in [0.3, 0.4) is 0 Å². The Morgan fingerprint density at radius 1 is 1.04 bits per heavy atom. The van der Waals surface area contributed by atoms with Gasteiger partial charge in [-0.25, -0.2) is 9.78 Å². The molecule has 0 N–H and O–H groups in total. The van der Waals surface area contributed by atoms with E-state index in [1.165, 1.54) is 20.7 Å². The summed E-state index contributed by atoms with van der Waals surface area (Å²) in [5.74, 6) is 0.998. The highest BCUT2D eigenvalue weighted by molar-refractivity contribution is 7.12. The summed E-state index contributed by atoms with van der Waals surface area (Å²) >= 11 is 1.47. The molecule has 0 saturated carbocycles. The molecule has 0 unspecified atom stereocenters. The second-order valence-electron chi connectivity index (χ2n) is 5.56. The first kappa shape index (κ1) is 15.0. The van der Waals surface area contributed by atoms with E-state index >= 15 is 0 Å². The van der Waals surface area contributed by atoms with E-state index in [9.17, 15) is 4.79 Å². The monoisotopic (exact) mass is 343 g/mol. The fourth-order valence-electron chi connectivity index (χ4n) is 2.74. The SMILES string of the molecule is O=c1n(CN2CCN(c3ccccn3)CC2)nnn1-c1cccs1. The maximum atomic E-state index is 12.4. The van der Waals surface area contributed by atoms with Crippen molar-refractivity contribution in [1.29, 1.82) is 0 Å². The molecule has 0 bridgehead atoms. The Hall–Kier alpha value is -2.52. The zero-order valence-corrected chi connectivity index (χ0v) is 13.8. The Bertz CT molecular complexity index is 834. The van der Waals surface area contributed by atoms with Gasteiger partial charge in [0.25, 0.3) is 0 Å². The lowest BCUT2D eigenvalue weighted by Gasteiger charge is -2.34. The molecule has 0 spiro atoms. The van der Waals surface area contributed by atoms with Crippen LogP contribution in [-0.4, -0.2) is 55.9 Å². The average Bonchev–Trinajstić information content (AvgIpc) is 3.27. The maximum Gasteiger partial charge on any atom is 0.370 e. The van der Waals surface area contributed by atoms with Crippen LogP contribution in [-0.2, 0) is 6.67 Å². The van der Waals surface area contributed by atoms with E-state index in [1.54, 1.807) is 0 Å². The molecule has 1 fully saturated rings. The van der Waals surface area contributed by atoms with E-state index in [1.807, 2.05) is 41.9 Å². The first-order valence-corrected chi connectivity index (χ1v) is 8.64. The summed E-state index contributed by atoms with van der Waals surface area (Å²) in [6.07, 6.45) is 1.81. The Labute approximate surface area is 142 Å². The normalized spacial score (nSPS) is 15.8. The molecule has 124 valence electrons. The van der Waals surface area contributed by atoms with Crippen molar-refractivity contribution >= 4 is 17.2 Å². The molecule has 4 rings (SSSR count). The van der Waals surface area contributed by atoms with Crippen molar-refractivity contribution in [2.45, 2.75) is 6.67 Å². The summed E-state index contributed by atoms with van der Waals surface area (Å²) in [6.45, 7) is 3.93. The highest BCUT2D eigenvalue weighted by Crippen LogP contribution is 2.13. The minimum absolute atomic E-state index is 0.204. The van der Waals surface area contributed by atoms with Gasteiger partial charge >= 0.3 is 5.69 Å². The van der Waals surface area contributed by atoms with Crippen LogP contribution in [0.2, 0.25) is 0 Å². The molecule has 0 aliphatic carbocycles. The van der Waals surface area contributed by atoms with E-state index < -0.39 is 0 Å². The van der Waals surface area contributed by atoms with E-state index in [-0.39, 0.29) is 5.69 Å². The number of tetrazole rings is 1. The Morgan fingerprint density at radius 3 is 2.62 bits per heavy atom. The molecule has 4 heterocycles. The molecule has 3 aromatic rings. The fraction of sp³-hybridized carbons (Fsp3) is 0.333. The van der Waals surface area contributed by atoms with Gasteiger partial charge in [0.05, 0.1) is 0 Å². The van der Waals surface area contributed by atoms with Crippen LogP contribution in [0.5, 0.6) is 0 Å². The van der Waals surface area contributed by atoms with E-state index in [2.05, 4.69) is 25.2 Å². The van der Waals surface area contributed by atoms with Crippen LogP contribution >= 0.6 is 11.3 Å². The maximum absolute atomic E-state index is 12.4. The van der Waals surface area contributed by atoms with Gasteiger partial charge in [-0.2, -0.15) is 9.36 Å². The largest absolute Gasteiger partial charge is 0.370 e. The van der Waals surface area contributed by atoms with E-state index in [4.69, 9.17) is 0 Å². The molecule has 9 heteroatoms. The summed E-state index contributed by atoms with van der Waals surface area (Å²) in [5, 5.41) is 10.7. The smallest absolute Gasteiger partial charge is 0.354 e. The molecule has 24 heavy (non-hydrogen) atoms. The first-order valence-electron chi connectivity index (χ1n) is 7.76. The van der Waals surface area contributed by atoms with Crippen molar-refractivity contribution in [2.75, 3.05) is 31.1 Å². The minimum Gasteiger partial charge on any atom is -0.354 e.